The molecule has 1 aliphatic heterocycles. The monoisotopic (exact) mass is 365 g/mol. The Morgan fingerprint density at radius 1 is 1.11 bits per heavy atom. The molecule has 0 radical (unpaired) electrons. The Morgan fingerprint density at radius 2 is 1.89 bits per heavy atom. The molecule has 1 atom stereocenters. The average Bonchev–Trinajstić information content (AvgIpc) is 3.27. The van der Waals surface area contributed by atoms with Crippen LogP contribution >= 0.6 is 0 Å². The summed E-state index contributed by atoms with van der Waals surface area (Å²) >= 11 is 0. The highest BCUT2D eigenvalue weighted by atomic mass is 16.5. The van der Waals surface area contributed by atoms with Crippen LogP contribution in [-0.2, 0) is 4.74 Å². The second kappa shape index (κ2) is 6.74. The Balaban J connectivity index is 1.16. The second-order valence-corrected chi connectivity index (χ2v) is 7.23. The van der Waals surface area contributed by atoms with Gasteiger partial charge in [0, 0.05) is 30.4 Å². The fourth-order valence-corrected chi connectivity index (χ4v) is 3.59. The first-order valence-electron chi connectivity index (χ1n) is 9.26. The minimum Gasteiger partial charge on any atom is -0.422 e. The number of hydrogen-bond donors (Lipinski definition) is 0. The summed E-state index contributed by atoms with van der Waals surface area (Å²) in [6.07, 6.45) is 3.10. The fourth-order valence-electron chi connectivity index (χ4n) is 3.59. The topological polar surface area (TPSA) is 91.2 Å². The zero-order valence-corrected chi connectivity index (χ0v) is 14.7. The number of nitrogens with zero attached hydrogens (tertiary/aromatic N) is 3. The van der Waals surface area contributed by atoms with Crippen molar-refractivity contribution in [1.29, 1.82) is 0 Å². The maximum absolute atomic E-state index is 12.5. The molecular formula is C20H19N3O4. The summed E-state index contributed by atoms with van der Waals surface area (Å²) in [6.45, 7) is 0.754. The van der Waals surface area contributed by atoms with Crippen LogP contribution in [0.3, 0.4) is 0 Å². The van der Waals surface area contributed by atoms with Crippen molar-refractivity contribution in [3.8, 4) is 11.3 Å². The molecule has 1 aromatic carbocycles. The molecule has 27 heavy (non-hydrogen) atoms. The van der Waals surface area contributed by atoms with Crippen LogP contribution in [0.5, 0.6) is 0 Å². The molecule has 2 aliphatic rings. The summed E-state index contributed by atoms with van der Waals surface area (Å²) in [7, 11) is 0. The number of Topliss-reactive ketones (excluding diaryl/α,β-unsaturated/α-hetero) is 1. The van der Waals surface area contributed by atoms with E-state index in [1.807, 2.05) is 30.3 Å². The number of hydrogen-bond acceptors (Lipinski definition) is 7. The predicted octanol–water partition coefficient (Wildman–Crippen LogP) is 3.95. The number of ketones is 1. The Morgan fingerprint density at radius 3 is 2.63 bits per heavy atom. The van der Waals surface area contributed by atoms with E-state index in [-0.39, 0.29) is 17.8 Å². The first-order chi connectivity index (χ1) is 13.3. The maximum atomic E-state index is 12.5. The molecule has 0 amide bonds. The van der Waals surface area contributed by atoms with E-state index in [1.165, 1.54) is 0 Å². The van der Waals surface area contributed by atoms with Crippen molar-refractivity contribution in [2.24, 2.45) is 5.92 Å². The molecule has 1 saturated heterocycles. The highest BCUT2D eigenvalue weighted by Crippen LogP contribution is 2.44. The van der Waals surface area contributed by atoms with Gasteiger partial charge >= 0.3 is 0 Å². The number of benzene rings is 1. The van der Waals surface area contributed by atoms with E-state index in [2.05, 4.69) is 15.4 Å². The van der Waals surface area contributed by atoms with Gasteiger partial charge in [0.25, 0.3) is 0 Å². The minimum atomic E-state index is -0.0334. The molecule has 3 heterocycles. The van der Waals surface area contributed by atoms with Gasteiger partial charge in [0.05, 0.1) is 6.61 Å². The number of aromatic nitrogens is 3. The molecule has 1 saturated carbocycles. The lowest BCUT2D eigenvalue weighted by atomic mass is 9.72. The molecule has 0 N–H and O–H groups in total. The van der Waals surface area contributed by atoms with Gasteiger partial charge in [-0.25, -0.2) is 0 Å². The standard InChI is InChI=1S/C20H19N3O4/c24-16(18-11-15(23-27-18)13-4-2-1-3-5-13)10-12-8-14(9-12)19-21-22-20(26-19)17-6-7-25-17/h1-5,11-12,14,17H,6-10H2. The Bertz CT molecular complexity index is 939. The van der Waals surface area contributed by atoms with Gasteiger partial charge in [-0.1, -0.05) is 35.5 Å². The highest BCUT2D eigenvalue weighted by Gasteiger charge is 2.37. The van der Waals surface area contributed by atoms with Crippen molar-refractivity contribution >= 4 is 5.78 Å². The van der Waals surface area contributed by atoms with E-state index in [0.29, 0.717) is 35.6 Å². The second-order valence-electron chi connectivity index (χ2n) is 7.23. The Hall–Kier alpha value is -2.80. The first kappa shape index (κ1) is 16.4. The van der Waals surface area contributed by atoms with Crippen LogP contribution in [-0.4, -0.2) is 27.7 Å². The third-order valence-corrected chi connectivity index (χ3v) is 5.34. The van der Waals surface area contributed by atoms with Crippen molar-refractivity contribution in [2.45, 2.75) is 37.7 Å². The first-order valence-corrected chi connectivity index (χ1v) is 9.26. The molecule has 1 aliphatic carbocycles. The third-order valence-electron chi connectivity index (χ3n) is 5.34. The van der Waals surface area contributed by atoms with Gasteiger partial charge in [-0.3, -0.25) is 4.79 Å². The highest BCUT2D eigenvalue weighted by molar-refractivity contribution is 5.94. The van der Waals surface area contributed by atoms with E-state index < -0.39 is 0 Å². The van der Waals surface area contributed by atoms with Crippen LogP contribution in [0.25, 0.3) is 11.3 Å². The van der Waals surface area contributed by atoms with E-state index in [1.54, 1.807) is 6.07 Å². The Kier molecular flexibility index (Phi) is 4.09. The van der Waals surface area contributed by atoms with Gasteiger partial charge in [-0.05, 0) is 18.8 Å². The lowest BCUT2D eigenvalue weighted by Gasteiger charge is -2.32. The molecular weight excluding hydrogens is 346 g/mol. The lowest BCUT2D eigenvalue weighted by Crippen LogP contribution is -2.24. The summed E-state index contributed by atoms with van der Waals surface area (Å²) in [5.74, 6) is 2.09. The van der Waals surface area contributed by atoms with Crippen molar-refractivity contribution in [3.63, 3.8) is 0 Å². The van der Waals surface area contributed by atoms with Gasteiger partial charge in [0.1, 0.15) is 11.8 Å². The van der Waals surface area contributed by atoms with Crippen molar-refractivity contribution in [2.75, 3.05) is 6.61 Å². The summed E-state index contributed by atoms with van der Waals surface area (Å²) < 4.78 is 16.3. The third kappa shape index (κ3) is 3.19. The number of ether oxygens (including phenoxy) is 1. The molecule has 7 heteroatoms. The molecule has 138 valence electrons. The van der Waals surface area contributed by atoms with Gasteiger partial charge < -0.3 is 13.7 Å². The molecule has 5 rings (SSSR count). The smallest absolute Gasteiger partial charge is 0.245 e. The Labute approximate surface area is 155 Å². The molecule has 7 nitrogen and oxygen atoms in total. The van der Waals surface area contributed by atoms with Crippen molar-refractivity contribution in [1.82, 2.24) is 15.4 Å². The van der Waals surface area contributed by atoms with Gasteiger partial charge in [0.15, 0.2) is 0 Å². The molecule has 2 fully saturated rings. The van der Waals surface area contributed by atoms with Gasteiger partial charge in [-0.15, -0.1) is 10.2 Å². The van der Waals surface area contributed by atoms with Gasteiger partial charge in [-0.2, -0.15) is 0 Å². The average molecular weight is 365 g/mol. The minimum absolute atomic E-state index is 0.0118. The zero-order valence-electron chi connectivity index (χ0n) is 14.7. The number of rotatable bonds is 6. The largest absolute Gasteiger partial charge is 0.422 e. The van der Waals surface area contributed by atoms with E-state index >= 15 is 0 Å². The quantitative estimate of drug-likeness (QED) is 0.611. The van der Waals surface area contributed by atoms with Crippen LogP contribution in [0, 0.1) is 5.92 Å². The molecule has 0 spiro atoms. The van der Waals surface area contributed by atoms with Crippen LogP contribution in [0.4, 0.5) is 0 Å². The zero-order chi connectivity index (χ0) is 18.2. The summed E-state index contributed by atoms with van der Waals surface area (Å²) in [5.41, 5.74) is 1.62. The van der Waals surface area contributed by atoms with Crippen molar-refractivity contribution < 1.29 is 18.5 Å². The van der Waals surface area contributed by atoms with E-state index in [4.69, 9.17) is 13.7 Å². The predicted molar refractivity (Wildman–Crippen MR) is 94.0 cm³/mol. The summed E-state index contributed by atoms with van der Waals surface area (Å²) in [5, 5.41) is 12.2. The molecule has 1 unspecified atom stereocenters. The lowest BCUT2D eigenvalue weighted by molar-refractivity contribution is -0.0684. The normalized spacial score (nSPS) is 24.2. The summed E-state index contributed by atoms with van der Waals surface area (Å²) in [6, 6.07) is 11.4. The van der Waals surface area contributed by atoms with Crippen LogP contribution in [0.2, 0.25) is 0 Å². The van der Waals surface area contributed by atoms with E-state index in [9.17, 15) is 4.79 Å². The fraction of sp³-hybridized carbons (Fsp3) is 0.400. The van der Waals surface area contributed by atoms with Crippen LogP contribution < -0.4 is 0 Å². The molecule has 2 aromatic heterocycles. The summed E-state index contributed by atoms with van der Waals surface area (Å²) in [4.78, 5) is 12.5. The van der Waals surface area contributed by atoms with Gasteiger partial charge in [0.2, 0.25) is 23.3 Å². The number of carbonyl (C=O) groups excluding carboxylic acids is 1. The van der Waals surface area contributed by atoms with E-state index in [0.717, 1.165) is 31.4 Å². The molecule has 0 bridgehead atoms. The number of carbonyl (C=O) groups is 1. The van der Waals surface area contributed by atoms with Crippen LogP contribution in [0.15, 0.2) is 45.3 Å². The van der Waals surface area contributed by atoms with Crippen LogP contribution in [0.1, 0.15) is 60.0 Å². The maximum Gasteiger partial charge on any atom is 0.245 e. The molecule has 3 aromatic rings. The van der Waals surface area contributed by atoms with Crippen molar-refractivity contribution in [3.05, 3.63) is 53.9 Å². The SMILES string of the molecule is O=C(CC1CC(c2nnc(C3CCO3)o2)C1)c1cc(-c2ccccc2)no1.